The van der Waals surface area contributed by atoms with Gasteiger partial charge in [-0.15, -0.1) is 0 Å². The van der Waals surface area contributed by atoms with E-state index in [-0.39, 0.29) is 12.5 Å². The van der Waals surface area contributed by atoms with Gasteiger partial charge in [-0.05, 0) is 25.5 Å². The van der Waals surface area contributed by atoms with Gasteiger partial charge in [0, 0.05) is 23.7 Å². The van der Waals surface area contributed by atoms with Gasteiger partial charge in [-0.25, -0.2) is 4.39 Å². The first-order valence-electron chi connectivity index (χ1n) is 6.85. The molecule has 0 aliphatic heterocycles. The van der Waals surface area contributed by atoms with E-state index in [4.69, 9.17) is 11.6 Å². The van der Waals surface area contributed by atoms with E-state index in [2.05, 4.69) is 15.6 Å². The van der Waals surface area contributed by atoms with E-state index in [1.54, 1.807) is 13.0 Å². The largest absolute Gasteiger partial charge is 0.390 e. The molecule has 1 rings (SSSR count). The van der Waals surface area contributed by atoms with Crippen LogP contribution in [0.3, 0.4) is 0 Å². The summed E-state index contributed by atoms with van der Waals surface area (Å²) in [4.78, 5) is 3.82. The maximum absolute atomic E-state index is 13.6. The van der Waals surface area contributed by atoms with Gasteiger partial charge >= 0.3 is 6.18 Å². The van der Waals surface area contributed by atoms with Gasteiger partial charge in [-0.1, -0.05) is 17.7 Å². The number of aliphatic imine (C=N–C) groups is 1. The van der Waals surface area contributed by atoms with Crippen molar-refractivity contribution in [1.29, 1.82) is 0 Å². The lowest BCUT2D eigenvalue weighted by Crippen LogP contribution is -2.38. The summed E-state index contributed by atoms with van der Waals surface area (Å²) in [6.07, 6.45) is -4.92. The molecular formula is C14H18ClF4N3. The highest BCUT2D eigenvalue weighted by molar-refractivity contribution is 6.31. The second-order valence-electron chi connectivity index (χ2n) is 4.50. The molecule has 0 aliphatic rings. The average molecular weight is 340 g/mol. The fourth-order valence-corrected chi connectivity index (χ4v) is 1.97. The van der Waals surface area contributed by atoms with E-state index in [1.807, 2.05) is 0 Å². The van der Waals surface area contributed by atoms with Crippen LogP contribution in [0.15, 0.2) is 23.2 Å². The van der Waals surface area contributed by atoms with Crippen LogP contribution in [0.4, 0.5) is 17.6 Å². The third kappa shape index (κ3) is 6.98. The molecule has 0 spiro atoms. The van der Waals surface area contributed by atoms with Crippen LogP contribution in [0, 0.1) is 5.82 Å². The van der Waals surface area contributed by atoms with Gasteiger partial charge in [0.15, 0.2) is 5.96 Å². The molecule has 3 nitrogen and oxygen atoms in total. The van der Waals surface area contributed by atoms with Gasteiger partial charge in [0.1, 0.15) is 5.82 Å². The van der Waals surface area contributed by atoms with Crippen molar-refractivity contribution in [2.45, 2.75) is 25.9 Å². The summed E-state index contributed by atoms with van der Waals surface area (Å²) in [5.41, 5.74) is 0.364. The minimum Gasteiger partial charge on any atom is -0.357 e. The fraction of sp³-hybridized carbons (Fsp3) is 0.500. The molecule has 0 aromatic heterocycles. The van der Waals surface area contributed by atoms with Crippen LogP contribution in [-0.2, 0) is 6.42 Å². The van der Waals surface area contributed by atoms with E-state index in [0.717, 1.165) is 0 Å². The van der Waals surface area contributed by atoms with E-state index in [1.165, 1.54) is 12.1 Å². The Balaban J connectivity index is 2.52. The molecule has 8 heteroatoms. The van der Waals surface area contributed by atoms with Crippen molar-refractivity contribution >= 4 is 17.6 Å². The molecule has 1 aromatic rings. The van der Waals surface area contributed by atoms with E-state index >= 15 is 0 Å². The lowest BCUT2D eigenvalue weighted by molar-refractivity contribution is -0.132. The summed E-state index contributed by atoms with van der Waals surface area (Å²) >= 11 is 5.90. The number of nitrogens with one attached hydrogen (secondary N) is 2. The normalized spacial score (nSPS) is 12.4. The van der Waals surface area contributed by atoms with Crippen molar-refractivity contribution in [2.75, 3.05) is 19.6 Å². The second-order valence-corrected chi connectivity index (χ2v) is 4.91. The van der Waals surface area contributed by atoms with Crippen molar-refractivity contribution in [2.24, 2.45) is 4.99 Å². The molecule has 0 unspecified atom stereocenters. The summed E-state index contributed by atoms with van der Waals surface area (Å²) in [6.45, 7) is 2.25. The second kappa shape index (κ2) is 8.82. The first-order chi connectivity index (χ1) is 10.3. The molecule has 0 atom stereocenters. The highest BCUT2D eigenvalue weighted by atomic mass is 35.5. The zero-order valence-electron chi connectivity index (χ0n) is 12.1. The molecule has 0 bridgehead atoms. The lowest BCUT2D eigenvalue weighted by atomic mass is 10.1. The summed E-state index contributed by atoms with van der Waals surface area (Å²) in [7, 11) is 0. The van der Waals surface area contributed by atoms with Crippen LogP contribution in [-0.4, -0.2) is 31.8 Å². The molecule has 0 amide bonds. The molecule has 0 saturated heterocycles. The Kier molecular flexibility index (Phi) is 7.44. The van der Waals surface area contributed by atoms with Crippen molar-refractivity contribution in [3.63, 3.8) is 0 Å². The van der Waals surface area contributed by atoms with Gasteiger partial charge in [-0.3, -0.25) is 4.99 Å². The summed E-state index contributed by atoms with van der Waals surface area (Å²) in [5.74, 6) is -0.146. The minimum atomic E-state index is -4.23. The first kappa shape index (κ1) is 18.5. The van der Waals surface area contributed by atoms with Gasteiger partial charge < -0.3 is 10.6 Å². The Bertz CT molecular complexity index is 483. The van der Waals surface area contributed by atoms with E-state index in [9.17, 15) is 17.6 Å². The number of benzene rings is 1. The summed E-state index contributed by atoms with van der Waals surface area (Å²) in [5, 5.41) is 6.01. The monoisotopic (exact) mass is 339 g/mol. The van der Waals surface area contributed by atoms with Crippen molar-refractivity contribution in [1.82, 2.24) is 10.6 Å². The summed E-state index contributed by atoms with van der Waals surface area (Å²) < 4.78 is 49.8. The third-order valence-corrected chi connectivity index (χ3v) is 3.09. The Morgan fingerprint density at radius 3 is 2.59 bits per heavy atom. The molecule has 0 saturated carbocycles. The predicted octanol–water partition coefficient (Wildman–Crippen LogP) is 3.53. The van der Waals surface area contributed by atoms with Crippen LogP contribution in [0.25, 0.3) is 0 Å². The Morgan fingerprint density at radius 2 is 2.00 bits per heavy atom. The number of halogens is 5. The highest BCUT2D eigenvalue weighted by Gasteiger charge is 2.26. The zero-order valence-corrected chi connectivity index (χ0v) is 12.9. The number of guanidine groups is 1. The van der Waals surface area contributed by atoms with Gasteiger partial charge in [0.25, 0.3) is 0 Å². The smallest absolute Gasteiger partial charge is 0.357 e. The van der Waals surface area contributed by atoms with Gasteiger partial charge in [0.05, 0.1) is 13.0 Å². The molecule has 0 fully saturated rings. The SMILES string of the molecule is CCNC(=NCCC(F)(F)F)NCCc1c(F)cccc1Cl. The third-order valence-electron chi connectivity index (χ3n) is 2.74. The first-order valence-corrected chi connectivity index (χ1v) is 7.23. The maximum Gasteiger partial charge on any atom is 0.390 e. The average Bonchev–Trinajstić information content (AvgIpc) is 2.40. The number of rotatable bonds is 6. The number of hydrogen-bond acceptors (Lipinski definition) is 1. The maximum atomic E-state index is 13.6. The van der Waals surface area contributed by atoms with Crippen LogP contribution in [0.1, 0.15) is 18.9 Å². The van der Waals surface area contributed by atoms with E-state index < -0.39 is 18.4 Å². The molecule has 2 N–H and O–H groups in total. The number of nitrogens with zero attached hydrogens (tertiary/aromatic N) is 1. The molecule has 1 aromatic carbocycles. The van der Waals surface area contributed by atoms with Gasteiger partial charge in [-0.2, -0.15) is 13.2 Å². The number of hydrogen-bond donors (Lipinski definition) is 2. The van der Waals surface area contributed by atoms with Crippen LogP contribution in [0.2, 0.25) is 5.02 Å². The van der Waals surface area contributed by atoms with Crippen molar-refractivity contribution in [3.8, 4) is 0 Å². The topological polar surface area (TPSA) is 36.4 Å². The Labute approximate surface area is 131 Å². The molecule has 0 aliphatic carbocycles. The lowest BCUT2D eigenvalue weighted by Gasteiger charge is -2.12. The zero-order chi connectivity index (χ0) is 16.6. The fourth-order valence-electron chi connectivity index (χ4n) is 1.71. The van der Waals surface area contributed by atoms with Gasteiger partial charge in [0.2, 0.25) is 0 Å². The predicted molar refractivity (Wildman–Crippen MR) is 79.8 cm³/mol. The molecular weight excluding hydrogens is 322 g/mol. The quantitative estimate of drug-likeness (QED) is 0.472. The van der Waals surface area contributed by atoms with Crippen LogP contribution in [0.5, 0.6) is 0 Å². The molecule has 0 heterocycles. The Hall–Kier alpha value is -1.50. The molecule has 124 valence electrons. The minimum absolute atomic E-state index is 0.263. The van der Waals surface area contributed by atoms with Crippen molar-refractivity contribution in [3.05, 3.63) is 34.6 Å². The summed E-state index contributed by atoms with van der Waals surface area (Å²) in [6, 6.07) is 4.41. The van der Waals surface area contributed by atoms with E-state index in [0.29, 0.717) is 30.1 Å². The number of alkyl halides is 3. The molecule has 0 radical (unpaired) electrons. The standard InChI is InChI=1S/C14H18ClF4N3/c1-2-20-13(22-9-7-14(17,18)19)21-8-6-10-11(15)4-3-5-12(10)16/h3-5H,2,6-9H2,1H3,(H2,20,21,22). The molecule has 22 heavy (non-hydrogen) atoms. The van der Waals surface area contributed by atoms with Crippen LogP contribution < -0.4 is 10.6 Å². The van der Waals surface area contributed by atoms with Crippen molar-refractivity contribution < 1.29 is 17.6 Å². The highest BCUT2D eigenvalue weighted by Crippen LogP contribution is 2.19. The van der Waals surface area contributed by atoms with Crippen LogP contribution >= 0.6 is 11.6 Å². The Morgan fingerprint density at radius 1 is 1.27 bits per heavy atom.